The van der Waals surface area contributed by atoms with Gasteiger partial charge in [-0.2, -0.15) is 15.4 Å². The van der Waals surface area contributed by atoms with Gasteiger partial charge in [-0.3, -0.25) is 9.59 Å². The number of anilines is 1. The molecule has 0 unspecified atom stereocenters. The van der Waals surface area contributed by atoms with Gasteiger partial charge >= 0.3 is 5.97 Å². The maximum Gasteiger partial charge on any atom is 0.337 e. The zero-order valence-electron chi connectivity index (χ0n) is 17.3. The van der Waals surface area contributed by atoms with Crippen molar-refractivity contribution in [2.45, 2.75) is 0 Å². The van der Waals surface area contributed by atoms with E-state index in [1.807, 2.05) is 12.1 Å². The van der Waals surface area contributed by atoms with Crippen LogP contribution >= 0.6 is 0 Å². The lowest BCUT2D eigenvalue weighted by Crippen LogP contribution is -2.31. The fourth-order valence-electron chi connectivity index (χ4n) is 3.82. The van der Waals surface area contributed by atoms with E-state index in [0.29, 0.717) is 22.6 Å². The lowest BCUT2D eigenvalue weighted by Gasteiger charge is -2.18. The Hall–Kier alpha value is -4.79. The van der Waals surface area contributed by atoms with Gasteiger partial charge in [0.15, 0.2) is 0 Å². The first-order valence-corrected chi connectivity index (χ1v) is 9.88. The summed E-state index contributed by atoms with van der Waals surface area (Å²) in [5, 5.41) is 20.0. The second kappa shape index (κ2) is 7.72. The maximum absolute atomic E-state index is 13.3. The van der Waals surface area contributed by atoms with Crippen LogP contribution in [-0.2, 0) is 0 Å². The molecular weight excluding hydrogens is 424 g/mol. The van der Waals surface area contributed by atoms with Crippen LogP contribution in [0, 0.1) is 0 Å². The van der Waals surface area contributed by atoms with Crippen molar-refractivity contribution in [3.63, 3.8) is 0 Å². The van der Waals surface area contributed by atoms with Gasteiger partial charge in [-0.15, -0.1) is 0 Å². The number of amides is 2. The number of carboxylic acid groups (broad SMARTS) is 1. The third kappa shape index (κ3) is 3.32. The number of carbonyl (C=O) groups is 3. The number of imide groups is 1. The Balaban J connectivity index is 1.60. The number of benzene rings is 3. The molecule has 33 heavy (non-hydrogen) atoms. The summed E-state index contributed by atoms with van der Waals surface area (Å²) >= 11 is 0. The fraction of sp³-hybridized carbons (Fsp3) is 0.0417. The van der Waals surface area contributed by atoms with E-state index in [1.54, 1.807) is 37.4 Å². The highest BCUT2D eigenvalue weighted by molar-refractivity contribution is 6.35. The first kappa shape index (κ1) is 20.1. The molecule has 5 rings (SSSR count). The van der Waals surface area contributed by atoms with Crippen LogP contribution in [-0.4, -0.2) is 45.4 Å². The Morgan fingerprint density at radius 1 is 0.909 bits per heavy atom. The highest BCUT2D eigenvalue weighted by Gasteiger charge is 2.39. The van der Waals surface area contributed by atoms with Crippen molar-refractivity contribution >= 4 is 23.5 Å². The number of rotatable bonds is 5. The molecule has 0 saturated heterocycles. The number of fused-ring (bicyclic) bond motifs is 1. The SMILES string of the molecule is COc1ccc(-c2ccc(C(=O)O)c(N3C(=O)c4ccc(-c5cn[nH]n5)cc4C3=O)c2)cc1. The largest absolute Gasteiger partial charge is 0.497 e. The summed E-state index contributed by atoms with van der Waals surface area (Å²) in [4.78, 5) is 39.3. The van der Waals surface area contributed by atoms with Gasteiger partial charge in [0.1, 0.15) is 11.4 Å². The molecule has 2 amide bonds. The third-order valence-corrected chi connectivity index (χ3v) is 5.49. The van der Waals surface area contributed by atoms with Crippen LogP contribution in [0.5, 0.6) is 5.75 Å². The molecule has 2 N–H and O–H groups in total. The van der Waals surface area contributed by atoms with Crippen LogP contribution in [0.25, 0.3) is 22.4 Å². The molecule has 1 aromatic heterocycles. The van der Waals surface area contributed by atoms with E-state index in [-0.39, 0.29) is 22.4 Å². The second-order valence-corrected chi connectivity index (χ2v) is 7.33. The predicted molar refractivity (Wildman–Crippen MR) is 118 cm³/mol. The molecule has 2 heterocycles. The summed E-state index contributed by atoms with van der Waals surface area (Å²) in [7, 11) is 1.56. The molecule has 1 aliphatic rings. The number of hydrogen-bond donors (Lipinski definition) is 2. The molecule has 0 bridgehead atoms. The number of nitrogens with zero attached hydrogens (tertiary/aromatic N) is 3. The normalized spacial score (nSPS) is 12.7. The third-order valence-electron chi connectivity index (χ3n) is 5.49. The number of carboxylic acids is 1. The monoisotopic (exact) mass is 440 g/mol. The zero-order valence-corrected chi connectivity index (χ0v) is 17.3. The smallest absolute Gasteiger partial charge is 0.337 e. The molecule has 0 atom stereocenters. The van der Waals surface area contributed by atoms with Crippen LogP contribution in [0.1, 0.15) is 31.1 Å². The number of ether oxygens (including phenoxy) is 1. The summed E-state index contributed by atoms with van der Waals surface area (Å²) in [5.74, 6) is -1.76. The van der Waals surface area contributed by atoms with E-state index in [9.17, 15) is 19.5 Å². The number of aromatic nitrogens is 3. The van der Waals surface area contributed by atoms with E-state index in [0.717, 1.165) is 10.5 Å². The van der Waals surface area contributed by atoms with Gasteiger partial charge in [0.2, 0.25) is 0 Å². The molecule has 0 aliphatic carbocycles. The molecule has 3 aromatic carbocycles. The van der Waals surface area contributed by atoms with Crippen molar-refractivity contribution in [2.75, 3.05) is 12.0 Å². The topological polar surface area (TPSA) is 125 Å². The van der Waals surface area contributed by atoms with Crippen molar-refractivity contribution in [1.82, 2.24) is 15.4 Å². The number of hydrogen-bond acceptors (Lipinski definition) is 6. The number of carbonyl (C=O) groups excluding carboxylic acids is 2. The van der Waals surface area contributed by atoms with Crippen molar-refractivity contribution < 1.29 is 24.2 Å². The summed E-state index contributed by atoms with van der Waals surface area (Å²) in [6, 6.07) is 16.5. The number of nitrogens with one attached hydrogen (secondary N) is 1. The lowest BCUT2D eigenvalue weighted by molar-refractivity contribution is 0.0698. The van der Waals surface area contributed by atoms with Crippen LogP contribution in [0.4, 0.5) is 5.69 Å². The highest BCUT2D eigenvalue weighted by Crippen LogP contribution is 2.35. The summed E-state index contributed by atoms with van der Waals surface area (Å²) in [6.45, 7) is 0. The van der Waals surface area contributed by atoms with Crippen molar-refractivity contribution in [3.8, 4) is 28.1 Å². The van der Waals surface area contributed by atoms with Crippen LogP contribution < -0.4 is 9.64 Å². The van der Waals surface area contributed by atoms with Crippen LogP contribution in [0.3, 0.4) is 0 Å². The predicted octanol–water partition coefficient (Wildman–Crippen LogP) is 3.65. The molecule has 0 spiro atoms. The van der Waals surface area contributed by atoms with E-state index in [1.165, 1.54) is 24.4 Å². The fourth-order valence-corrected chi connectivity index (χ4v) is 3.82. The lowest BCUT2D eigenvalue weighted by atomic mass is 10.0. The van der Waals surface area contributed by atoms with Gasteiger partial charge in [0.05, 0.1) is 35.7 Å². The first-order chi connectivity index (χ1) is 16.0. The standard InChI is InChI=1S/C24H16N4O5/c1-33-16-6-2-13(3-7-16)14-4-9-18(24(31)32)21(11-14)28-22(29)17-8-5-15(10-19(17)23(28)30)20-12-25-27-26-20/h2-12H,1H3,(H,31,32)(H,25,26,27). The van der Waals surface area contributed by atoms with Gasteiger partial charge in [-0.25, -0.2) is 9.69 Å². The van der Waals surface area contributed by atoms with Crippen LogP contribution in [0.15, 0.2) is 66.9 Å². The molecule has 0 fully saturated rings. The summed E-state index contributed by atoms with van der Waals surface area (Å²) < 4.78 is 5.18. The quantitative estimate of drug-likeness (QED) is 0.454. The van der Waals surface area contributed by atoms with E-state index in [4.69, 9.17) is 4.74 Å². The first-order valence-electron chi connectivity index (χ1n) is 9.88. The minimum atomic E-state index is -1.24. The molecule has 162 valence electrons. The Labute approximate surface area is 187 Å². The van der Waals surface area contributed by atoms with Crippen LogP contribution in [0.2, 0.25) is 0 Å². The van der Waals surface area contributed by atoms with Gasteiger partial charge < -0.3 is 9.84 Å². The number of H-pyrrole nitrogens is 1. The zero-order chi connectivity index (χ0) is 23.1. The van der Waals surface area contributed by atoms with E-state index in [2.05, 4.69) is 15.4 Å². The maximum atomic E-state index is 13.3. The Kier molecular flexibility index (Phi) is 4.71. The molecule has 0 radical (unpaired) electrons. The second-order valence-electron chi connectivity index (χ2n) is 7.33. The average Bonchev–Trinajstić information content (AvgIpc) is 3.46. The van der Waals surface area contributed by atoms with Crippen molar-refractivity contribution in [2.24, 2.45) is 0 Å². The minimum Gasteiger partial charge on any atom is -0.497 e. The highest BCUT2D eigenvalue weighted by atomic mass is 16.5. The Morgan fingerprint density at radius 3 is 2.27 bits per heavy atom. The average molecular weight is 440 g/mol. The minimum absolute atomic E-state index is 0.00463. The van der Waals surface area contributed by atoms with Crippen molar-refractivity contribution in [3.05, 3.63) is 83.6 Å². The molecule has 9 nitrogen and oxygen atoms in total. The van der Waals surface area contributed by atoms with Gasteiger partial charge in [0.25, 0.3) is 11.8 Å². The summed E-state index contributed by atoms with van der Waals surface area (Å²) in [6.07, 6.45) is 1.50. The number of aromatic carboxylic acids is 1. The molecule has 0 saturated carbocycles. The van der Waals surface area contributed by atoms with Crippen molar-refractivity contribution in [1.29, 1.82) is 0 Å². The molecule has 4 aromatic rings. The Morgan fingerprint density at radius 2 is 1.61 bits per heavy atom. The number of methoxy groups -OCH3 is 1. The van der Waals surface area contributed by atoms with E-state index < -0.39 is 17.8 Å². The molecule has 9 heteroatoms. The van der Waals surface area contributed by atoms with E-state index >= 15 is 0 Å². The molecule has 1 aliphatic heterocycles. The van der Waals surface area contributed by atoms with Gasteiger partial charge in [0, 0.05) is 5.56 Å². The molecular formula is C24H16N4O5. The number of aromatic amines is 1. The van der Waals surface area contributed by atoms with Gasteiger partial charge in [-0.05, 0) is 47.5 Å². The summed E-state index contributed by atoms with van der Waals surface area (Å²) in [5.41, 5.74) is 2.77. The van der Waals surface area contributed by atoms with Gasteiger partial charge in [-0.1, -0.05) is 24.3 Å². The Bertz CT molecular complexity index is 1410.